The fraction of sp³-hybridized carbons (Fsp3) is 1.00. The van der Waals surface area contributed by atoms with Crippen LogP contribution in [0.25, 0.3) is 0 Å². The van der Waals surface area contributed by atoms with Crippen molar-refractivity contribution in [3.8, 4) is 0 Å². The van der Waals surface area contributed by atoms with Crippen molar-refractivity contribution in [3.63, 3.8) is 0 Å². The third-order valence-corrected chi connectivity index (χ3v) is 5.21. The molecular formula is C6H12N2O12P4Sm-5. The van der Waals surface area contributed by atoms with Crippen molar-refractivity contribution in [3.05, 3.63) is 0 Å². The summed E-state index contributed by atoms with van der Waals surface area (Å²) in [5.41, 5.74) is 0. The second-order valence-electron chi connectivity index (χ2n) is 4.80. The van der Waals surface area contributed by atoms with Crippen LogP contribution in [0.15, 0.2) is 0 Å². The summed E-state index contributed by atoms with van der Waals surface area (Å²) in [6.45, 7) is -1.55. The van der Waals surface area contributed by atoms with Crippen LogP contribution in [0.1, 0.15) is 0 Å². The SMILES string of the molecule is O=P([O-])([O-])CN(CCN(CP(=O)([O-])[O-])CP(=O)([O-])[O-])CP(=O)([O-])[O-].[153Sm+3]. The Labute approximate surface area is 175 Å². The zero-order chi connectivity index (χ0) is 19.4. The van der Waals surface area contributed by atoms with Gasteiger partial charge in [0, 0.05) is 38.2 Å². The molecular weight excluding hydrogens is 569 g/mol. The van der Waals surface area contributed by atoms with Crippen LogP contribution in [0.2, 0.25) is 0 Å². The minimum atomic E-state index is -5.30. The smallest absolute Gasteiger partial charge is 0.810 e. The van der Waals surface area contributed by atoms with Crippen molar-refractivity contribution in [2.24, 2.45) is 0 Å². The van der Waals surface area contributed by atoms with E-state index >= 15 is 0 Å². The molecule has 25 heavy (non-hydrogen) atoms. The van der Waals surface area contributed by atoms with Crippen molar-refractivity contribution >= 4 is 30.4 Å². The summed E-state index contributed by atoms with van der Waals surface area (Å²) in [4.78, 5) is 85.9. The third kappa shape index (κ3) is 20.4. The van der Waals surface area contributed by atoms with Crippen molar-refractivity contribution in [1.82, 2.24) is 9.80 Å². The van der Waals surface area contributed by atoms with E-state index in [0.29, 0.717) is 9.80 Å². The maximum Gasteiger partial charge on any atom is 3.00 e. The first-order valence-electron chi connectivity index (χ1n) is 5.85. The van der Waals surface area contributed by atoms with Gasteiger partial charge in [-0.05, 0) is 0 Å². The monoisotopic (exact) mass is 581 g/mol. The predicted molar refractivity (Wildman–Crippen MR) is 63.3 cm³/mol. The van der Waals surface area contributed by atoms with Gasteiger partial charge in [-0.2, -0.15) is 0 Å². The molecule has 0 aliphatic carbocycles. The number of nitrogens with zero attached hydrogens (tertiary/aromatic N) is 2. The van der Waals surface area contributed by atoms with Crippen LogP contribution in [-0.2, 0) is 18.3 Å². The van der Waals surface area contributed by atoms with Gasteiger partial charge in [-0.15, -0.1) is 0 Å². The Kier molecular flexibility index (Phi) is 13.0. The second kappa shape index (κ2) is 11.1. The van der Waals surface area contributed by atoms with Crippen LogP contribution in [0, 0.1) is 40.4 Å². The minimum Gasteiger partial charge on any atom is -0.810 e. The van der Waals surface area contributed by atoms with E-state index in [4.69, 9.17) is 0 Å². The summed E-state index contributed by atoms with van der Waals surface area (Å²) < 4.78 is 42.7. The number of hydrogen-bond donors (Lipinski definition) is 0. The molecule has 0 spiro atoms. The molecule has 0 aromatic rings. The molecule has 0 saturated carbocycles. The zero-order valence-corrected chi connectivity index (χ0v) is 18.4. The van der Waals surface area contributed by atoms with Gasteiger partial charge in [0.05, 0.1) is 0 Å². The van der Waals surface area contributed by atoms with Crippen molar-refractivity contribution in [2.45, 2.75) is 0 Å². The molecule has 0 rings (SSSR count). The molecule has 1 radical (unpaired) electrons. The van der Waals surface area contributed by atoms with Gasteiger partial charge < -0.3 is 57.4 Å². The molecule has 149 valence electrons. The molecule has 0 bridgehead atoms. The van der Waals surface area contributed by atoms with Gasteiger partial charge in [-0.25, -0.2) is 0 Å². The Hall–Kier alpha value is 1.86. The first kappa shape index (κ1) is 29.1. The van der Waals surface area contributed by atoms with E-state index < -0.39 is 68.6 Å². The summed E-state index contributed by atoms with van der Waals surface area (Å²) in [5.74, 6) is 0. The van der Waals surface area contributed by atoms with E-state index in [2.05, 4.69) is 0 Å². The van der Waals surface area contributed by atoms with Crippen LogP contribution in [-0.4, -0.2) is 48.0 Å². The molecule has 0 aromatic carbocycles. The normalized spacial score (nSPS) is 14.0. The Morgan fingerprint density at radius 3 is 0.760 bits per heavy atom. The van der Waals surface area contributed by atoms with Crippen molar-refractivity contribution < 1.29 is 97.8 Å². The summed E-state index contributed by atoms with van der Waals surface area (Å²) in [6.07, 6.45) is -5.63. The molecule has 0 aromatic heterocycles. The molecule has 19 heteroatoms. The van der Waals surface area contributed by atoms with E-state index in [1.54, 1.807) is 0 Å². The van der Waals surface area contributed by atoms with Gasteiger partial charge in [-0.1, -0.05) is 30.4 Å². The van der Waals surface area contributed by atoms with Gasteiger partial charge in [0.2, 0.25) is 0 Å². The Bertz CT molecular complexity index is 492. The van der Waals surface area contributed by atoms with Gasteiger partial charge in [0.1, 0.15) is 0 Å². The van der Waals surface area contributed by atoms with E-state index in [1.165, 1.54) is 0 Å². The summed E-state index contributed by atoms with van der Waals surface area (Å²) in [5, 5.41) is 0. The molecule has 0 N–H and O–H groups in total. The Balaban J connectivity index is 0. The maximum atomic E-state index is 10.7. The van der Waals surface area contributed by atoms with Gasteiger partial charge >= 0.3 is 40.4 Å². The minimum absolute atomic E-state index is 0. The first-order valence-corrected chi connectivity index (χ1v) is 12.8. The average Bonchev–Trinajstić information content (AvgIpc) is 2.16. The van der Waals surface area contributed by atoms with Gasteiger partial charge in [-0.3, -0.25) is 9.80 Å². The third-order valence-electron chi connectivity index (χ3n) is 2.23. The van der Waals surface area contributed by atoms with Crippen LogP contribution >= 0.6 is 30.4 Å². The standard InChI is InChI=1S/C6H20N2O12P4.Sm/c9-21(10,11)3-7(4-22(12,13)14)1-2-8(5-23(15,16)17)6-24(18,19)20;/h1-6H2,(H2,9,10,11)(H2,12,13,14)(H2,15,16,17)(H2,18,19,20);/q;+3/p-8/i;1+3. The predicted octanol–water partition coefficient (Wildman–Crippen LogP) is -6.92. The fourth-order valence-corrected chi connectivity index (χ4v) is 4.88. The molecule has 0 heterocycles. The fourth-order valence-electron chi connectivity index (χ4n) is 1.63. The average molecular weight is 581 g/mol. The summed E-state index contributed by atoms with van der Waals surface area (Å²) in [7, 11) is -21.2. The maximum absolute atomic E-state index is 10.7. The van der Waals surface area contributed by atoms with Crippen LogP contribution in [0.3, 0.4) is 0 Å². The van der Waals surface area contributed by atoms with E-state index in [9.17, 15) is 57.4 Å². The Morgan fingerprint density at radius 1 is 0.480 bits per heavy atom. The summed E-state index contributed by atoms with van der Waals surface area (Å²) >= 11 is 0. The molecule has 0 saturated heterocycles. The van der Waals surface area contributed by atoms with Crippen LogP contribution in [0.4, 0.5) is 0 Å². The van der Waals surface area contributed by atoms with Gasteiger partial charge in [0.15, 0.2) is 0 Å². The first-order chi connectivity index (χ1) is 10.4. The van der Waals surface area contributed by atoms with Crippen LogP contribution < -0.4 is 39.1 Å². The number of hydrogen-bond acceptors (Lipinski definition) is 14. The summed E-state index contributed by atoms with van der Waals surface area (Å²) in [6, 6.07) is 0. The van der Waals surface area contributed by atoms with Gasteiger partial charge in [0.25, 0.3) is 0 Å². The Morgan fingerprint density at radius 2 is 0.640 bits per heavy atom. The van der Waals surface area contributed by atoms with E-state index in [0.717, 1.165) is 0 Å². The van der Waals surface area contributed by atoms with Crippen molar-refractivity contribution in [1.29, 1.82) is 0 Å². The molecule has 0 unspecified atom stereocenters. The van der Waals surface area contributed by atoms with E-state index in [-0.39, 0.29) is 40.4 Å². The second-order valence-corrected chi connectivity index (χ2v) is 10.8. The van der Waals surface area contributed by atoms with Crippen LogP contribution in [0.5, 0.6) is 0 Å². The number of rotatable bonds is 11. The molecule has 0 aliphatic rings. The molecule has 0 amide bonds. The van der Waals surface area contributed by atoms with E-state index in [1.807, 2.05) is 0 Å². The molecule has 14 nitrogen and oxygen atoms in total. The quantitative estimate of drug-likeness (QED) is 0.206. The topological polar surface area (TPSA) is 259 Å². The zero-order valence-electron chi connectivity index (χ0n) is 12.2. The molecule has 0 fully saturated rings. The largest absolute Gasteiger partial charge is 3.00 e. The van der Waals surface area contributed by atoms with Crippen molar-refractivity contribution in [2.75, 3.05) is 38.2 Å². The molecule has 0 aliphatic heterocycles. The molecule has 0 atom stereocenters.